The van der Waals surface area contributed by atoms with Gasteiger partial charge in [-0.15, -0.1) is 11.6 Å². The zero-order valence-corrected chi connectivity index (χ0v) is 13.7. The van der Waals surface area contributed by atoms with E-state index in [1.807, 2.05) is 4.90 Å². The van der Waals surface area contributed by atoms with Gasteiger partial charge in [0.25, 0.3) is 0 Å². The van der Waals surface area contributed by atoms with Crippen LogP contribution >= 0.6 is 11.6 Å². The number of carbonyl (C=O) groups is 1. The number of hydrogen-bond acceptors (Lipinski definition) is 1. The van der Waals surface area contributed by atoms with Crippen molar-refractivity contribution in [3.8, 4) is 0 Å². The Balaban J connectivity index is 3.62. The van der Waals surface area contributed by atoms with E-state index < -0.39 is 0 Å². The highest BCUT2D eigenvalue weighted by Gasteiger charge is 2.11. The summed E-state index contributed by atoms with van der Waals surface area (Å²) in [6.07, 6.45) is 11.7. The molecular weight excluding hydrogens is 258 g/mol. The van der Waals surface area contributed by atoms with Crippen LogP contribution in [0.15, 0.2) is 0 Å². The van der Waals surface area contributed by atoms with Gasteiger partial charge in [0, 0.05) is 25.4 Å². The quantitative estimate of drug-likeness (QED) is 0.345. The molecule has 3 heteroatoms. The number of carbonyl (C=O) groups excluding carboxylic acids is 1. The van der Waals surface area contributed by atoms with E-state index in [1.54, 1.807) is 0 Å². The molecule has 0 N–H and O–H groups in total. The maximum Gasteiger partial charge on any atom is 0.222 e. The Hall–Kier alpha value is -0.240. The van der Waals surface area contributed by atoms with Gasteiger partial charge in [-0.2, -0.15) is 0 Å². The highest BCUT2D eigenvalue weighted by Crippen LogP contribution is 2.10. The number of hydrogen-bond donors (Lipinski definition) is 0. The fourth-order valence-corrected chi connectivity index (χ4v) is 2.41. The van der Waals surface area contributed by atoms with E-state index in [1.165, 1.54) is 38.5 Å². The number of rotatable bonds is 13. The van der Waals surface area contributed by atoms with Crippen molar-refractivity contribution in [3.05, 3.63) is 0 Å². The van der Waals surface area contributed by atoms with Crippen molar-refractivity contribution in [3.63, 3.8) is 0 Å². The maximum atomic E-state index is 12.0. The van der Waals surface area contributed by atoms with Gasteiger partial charge in [-0.3, -0.25) is 4.79 Å². The summed E-state index contributed by atoms with van der Waals surface area (Å²) in [6, 6.07) is 0. The monoisotopic (exact) mass is 289 g/mol. The van der Waals surface area contributed by atoms with Crippen LogP contribution in [0.1, 0.15) is 78.1 Å². The SMILES string of the molecule is CCCCCCCCCC(=O)N(CCCl)CCCC. The van der Waals surface area contributed by atoms with Crippen molar-refractivity contribution >= 4 is 17.5 Å². The van der Waals surface area contributed by atoms with Crippen molar-refractivity contribution in [2.75, 3.05) is 19.0 Å². The highest BCUT2D eigenvalue weighted by atomic mass is 35.5. The summed E-state index contributed by atoms with van der Waals surface area (Å²) in [5.41, 5.74) is 0. The lowest BCUT2D eigenvalue weighted by Crippen LogP contribution is -2.33. The van der Waals surface area contributed by atoms with Gasteiger partial charge in [-0.1, -0.05) is 58.8 Å². The van der Waals surface area contributed by atoms with Gasteiger partial charge in [-0.05, 0) is 12.8 Å². The van der Waals surface area contributed by atoms with Crippen LogP contribution in [0.3, 0.4) is 0 Å². The number of nitrogens with zero attached hydrogens (tertiary/aromatic N) is 1. The molecule has 19 heavy (non-hydrogen) atoms. The minimum Gasteiger partial charge on any atom is -0.342 e. The first-order valence-electron chi connectivity index (χ1n) is 8.10. The summed E-state index contributed by atoms with van der Waals surface area (Å²) in [5, 5.41) is 0. The Morgan fingerprint density at radius 1 is 0.842 bits per heavy atom. The fourth-order valence-electron chi connectivity index (χ4n) is 2.20. The molecule has 0 unspecified atom stereocenters. The molecule has 0 aliphatic heterocycles. The second kappa shape index (κ2) is 14.2. The summed E-state index contributed by atoms with van der Waals surface area (Å²) in [6.45, 7) is 5.97. The van der Waals surface area contributed by atoms with Crippen molar-refractivity contribution in [1.29, 1.82) is 0 Å². The molecule has 0 aromatic heterocycles. The third kappa shape index (κ3) is 11.3. The summed E-state index contributed by atoms with van der Waals surface area (Å²) < 4.78 is 0. The molecule has 0 heterocycles. The van der Waals surface area contributed by atoms with Crippen LogP contribution < -0.4 is 0 Å². The summed E-state index contributed by atoms with van der Waals surface area (Å²) in [5.74, 6) is 0.842. The van der Waals surface area contributed by atoms with Crippen molar-refractivity contribution in [2.24, 2.45) is 0 Å². The lowest BCUT2D eigenvalue weighted by molar-refractivity contribution is -0.131. The fraction of sp³-hybridized carbons (Fsp3) is 0.938. The third-order valence-corrected chi connectivity index (χ3v) is 3.65. The van der Waals surface area contributed by atoms with E-state index in [4.69, 9.17) is 11.6 Å². The van der Waals surface area contributed by atoms with Gasteiger partial charge in [0.2, 0.25) is 5.91 Å². The summed E-state index contributed by atoms with van der Waals surface area (Å²) in [7, 11) is 0. The van der Waals surface area contributed by atoms with Crippen LogP contribution in [0.2, 0.25) is 0 Å². The standard InChI is InChI=1S/C16H32ClNO/c1-3-5-7-8-9-10-11-12-16(19)18(15-13-17)14-6-4-2/h3-15H2,1-2H3. The smallest absolute Gasteiger partial charge is 0.222 e. The summed E-state index contributed by atoms with van der Waals surface area (Å²) >= 11 is 5.76. The Morgan fingerprint density at radius 2 is 1.42 bits per heavy atom. The molecular formula is C16H32ClNO. The molecule has 1 amide bonds. The van der Waals surface area contributed by atoms with Crippen molar-refractivity contribution < 1.29 is 4.79 Å². The summed E-state index contributed by atoms with van der Waals surface area (Å²) in [4.78, 5) is 14.0. The van der Waals surface area contributed by atoms with Gasteiger partial charge in [-0.25, -0.2) is 0 Å². The predicted octanol–water partition coefficient (Wildman–Crippen LogP) is 4.99. The molecule has 114 valence electrons. The first-order chi connectivity index (χ1) is 9.26. The van der Waals surface area contributed by atoms with Crippen LogP contribution in [0.4, 0.5) is 0 Å². The van der Waals surface area contributed by atoms with E-state index >= 15 is 0 Å². The second-order valence-corrected chi connectivity index (χ2v) is 5.67. The van der Waals surface area contributed by atoms with E-state index in [0.29, 0.717) is 24.8 Å². The van der Waals surface area contributed by atoms with Crippen LogP contribution in [-0.4, -0.2) is 29.8 Å². The molecule has 0 fully saturated rings. The first-order valence-corrected chi connectivity index (χ1v) is 8.63. The Kier molecular flexibility index (Phi) is 14.0. The second-order valence-electron chi connectivity index (χ2n) is 5.29. The molecule has 0 bridgehead atoms. The molecule has 0 rings (SSSR count). The topological polar surface area (TPSA) is 20.3 Å². The lowest BCUT2D eigenvalue weighted by Gasteiger charge is -2.21. The molecule has 0 saturated carbocycles. The largest absolute Gasteiger partial charge is 0.342 e. The highest BCUT2D eigenvalue weighted by molar-refractivity contribution is 6.18. The molecule has 0 aromatic carbocycles. The molecule has 0 radical (unpaired) electrons. The van der Waals surface area contributed by atoms with Gasteiger partial charge in [0.15, 0.2) is 0 Å². The Morgan fingerprint density at radius 3 is 2.00 bits per heavy atom. The van der Waals surface area contributed by atoms with Crippen LogP contribution in [0.5, 0.6) is 0 Å². The molecule has 0 saturated heterocycles. The molecule has 2 nitrogen and oxygen atoms in total. The zero-order chi connectivity index (χ0) is 14.3. The third-order valence-electron chi connectivity index (χ3n) is 3.48. The van der Waals surface area contributed by atoms with E-state index in [9.17, 15) is 4.79 Å². The van der Waals surface area contributed by atoms with Gasteiger partial charge >= 0.3 is 0 Å². The first kappa shape index (κ1) is 18.8. The lowest BCUT2D eigenvalue weighted by atomic mass is 10.1. The Bertz CT molecular complexity index is 209. The van der Waals surface area contributed by atoms with Gasteiger partial charge in [0.05, 0.1) is 0 Å². The van der Waals surface area contributed by atoms with Crippen molar-refractivity contribution in [2.45, 2.75) is 78.1 Å². The van der Waals surface area contributed by atoms with Crippen molar-refractivity contribution in [1.82, 2.24) is 4.90 Å². The van der Waals surface area contributed by atoms with Crippen LogP contribution in [-0.2, 0) is 4.79 Å². The van der Waals surface area contributed by atoms with E-state index in [2.05, 4.69) is 13.8 Å². The average molecular weight is 290 g/mol. The molecule has 0 aromatic rings. The average Bonchev–Trinajstić information content (AvgIpc) is 2.42. The molecule has 0 aliphatic carbocycles. The number of unbranched alkanes of at least 4 members (excludes halogenated alkanes) is 7. The van der Waals surface area contributed by atoms with Crippen LogP contribution in [0.25, 0.3) is 0 Å². The Labute approximate surface area is 124 Å². The maximum absolute atomic E-state index is 12.0. The van der Waals surface area contributed by atoms with Gasteiger partial charge < -0.3 is 4.90 Å². The number of halogens is 1. The normalized spacial score (nSPS) is 10.7. The molecule has 0 spiro atoms. The van der Waals surface area contributed by atoms with Gasteiger partial charge in [0.1, 0.15) is 0 Å². The zero-order valence-electron chi connectivity index (χ0n) is 12.9. The van der Waals surface area contributed by atoms with E-state index in [0.717, 1.165) is 25.8 Å². The predicted molar refractivity (Wildman–Crippen MR) is 84.8 cm³/mol. The van der Waals surface area contributed by atoms with Crippen LogP contribution in [0, 0.1) is 0 Å². The number of alkyl halides is 1. The minimum atomic E-state index is 0.294. The minimum absolute atomic E-state index is 0.294. The number of amides is 1. The molecule has 0 atom stereocenters. The molecule has 0 aliphatic rings. The van der Waals surface area contributed by atoms with E-state index in [-0.39, 0.29) is 0 Å².